The fraction of sp³-hybridized carbons (Fsp3) is 0.500. The molecule has 2 atom stereocenters. The zero-order valence-electron chi connectivity index (χ0n) is 15.1. The topological polar surface area (TPSA) is 101 Å². The zero-order chi connectivity index (χ0) is 18.5. The highest BCUT2D eigenvalue weighted by atomic mass is 16.3. The maximum Gasteiger partial charge on any atom is 0.273 e. The lowest BCUT2D eigenvalue weighted by atomic mass is 9.84. The Morgan fingerprint density at radius 3 is 2.69 bits per heavy atom. The summed E-state index contributed by atoms with van der Waals surface area (Å²) < 4.78 is 5.42. The molecule has 3 rings (SSSR count). The monoisotopic (exact) mass is 357 g/mol. The summed E-state index contributed by atoms with van der Waals surface area (Å²) in [6.45, 7) is 2.06. The molecule has 0 spiro atoms. The average molecular weight is 357 g/mol. The fourth-order valence-electron chi connectivity index (χ4n) is 3.57. The zero-order valence-corrected chi connectivity index (χ0v) is 15.1. The summed E-state index contributed by atoms with van der Waals surface area (Å²) >= 11 is 0. The van der Waals surface area contributed by atoms with Gasteiger partial charge in [0.15, 0.2) is 5.69 Å². The molecule has 6 heteroatoms. The van der Waals surface area contributed by atoms with Crippen LogP contribution in [0.4, 0.5) is 0 Å². The number of aromatic hydroxyl groups is 1. The highest BCUT2D eigenvalue weighted by Crippen LogP contribution is 2.26. The molecule has 1 amide bonds. The Kier molecular flexibility index (Phi) is 5.93. The minimum absolute atomic E-state index is 0.133. The van der Waals surface area contributed by atoms with Crippen LogP contribution in [-0.4, -0.2) is 22.0 Å². The molecule has 140 valence electrons. The van der Waals surface area contributed by atoms with Crippen molar-refractivity contribution in [2.45, 2.75) is 57.5 Å². The third kappa shape index (κ3) is 4.64. The van der Waals surface area contributed by atoms with Crippen LogP contribution in [0.1, 0.15) is 67.0 Å². The quantitative estimate of drug-likeness (QED) is 0.736. The fourth-order valence-corrected chi connectivity index (χ4v) is 3.57. The van der Waals surface area contributed by atoms with E-state index in [1.54, 1.807) is 24.3 Å². The second-order valence-corrected chi connectivity index (χ2v) is 7.21. The number of phenols is 1. The average Bonchev–Trinajstić information content (AvgIpc) is 3.15. The van der Waals surface area contributed by atoms with Crippen LogP contribution >= 0.6 is 0 Å². The van der Waals surface area contributed by atoms with Gasteiger partial charge < -0.3 is 20.6 Å². The Bertz CT molecular complexity index is 720. The summed E-state index contributed by atoms with van der Waals surface area (Å²) in [5.74, 6) is 0.878. The van der Waals surface area contributed by atoms with Gasteiger partial charge >= 0.3 is 0 Å². The lowest BCUT2D eigenvalue weighted by Crippen LogP contribution is -2.39. The van der Waals surface area contributed by atoms with Gasteiger partial charge in [-0.1, -0.05) is 31.4 Å². The predicted molar refractivity (Wildman–Crippen MR) is 98.7 cm³/mol. The third-order valence-electron chi connectivity index (χ3n) is 5.18. The number of phenolic OH excluding ortho intramolecular Hbond substituents is 1. The van der Waals surface area contributed by atoms with Crippen molar-refractivity contribution < 1.29 is 14.3 Å². The molecule has 1 aromatic carbocycles. The molecule has 6 nitrogen and oxygen atoms in total. The maximum absolute atomic E-state index is 12.4. The van der Waals surface area contributed by atoms with Crippen LogP contribution in [0.3, 0.4) is 0 Å². The number of nitrogens with two attached hydrogens (primary N) is 1. The first-order valence-corrected chi connectivity index (χ1v) is 9.32. The van der Waals surface area contributed by atoms with Crippen molar-refractivity contribution in [3.05, 3.63) is 47.7 Å². The highest BCUT2D eigenvalue weighted by Gasteiger charge is 2.24. The number of benzene rings is 1. The Balaban J connectivity index is 1.57. The first-order chi connectivity index (χ1) is 12.5. The molecule has 0 saturated heterocycles. The minimum Gasteiger partial charge on any atom is -0.508 e. The van der Waals surface area contributed by atoms with E-state index in [0.717, 1.165) is 5.56 Å². The number of nitrogens with one attached hydrogen (secondary N) is 1. The Labute approximate surface area is 153 Å². The number of carbonyl (C=O) groups excluding carboxylic acids is 1. The van der Waals surface area contributed by atoms with Crippen molar-refractivity contribution in [2.75, 3.05) is 0 Å². The molecule has 2 unspecified atom stereocenters. The number of hydrogen-bond acceptors (Lipinski definition) is 5. The normalized spacial score (nSPS) is 17.6. The van der Waals surface area contributed by atoms with Gasteiger partial charge in [0, 0.05) is 6.04 Å². The smallest absolute Gasteiger partial charge is 0.273 e. The number of oxazole rings is 1. The van der Waals surface area contributed by atoms with Gasteiger partial charge in [0.1, 0.15) is 12.0 Å². The van der Waals surface area contributed by atoms with Crippen LogP contribution in [0.25, 0.3) is 0 Å². The van der Waals surface area contributed by atoms with Gasteiger partial charge in [0.05, 0.1) is 6.04 Å². The summed E-state index contributed by atoms with van der Waals surface area (Å²) in [6.07, 6.45) is 8.00. The second kappa shape index (κ2) is 8.36. The highest BCUT2D eigenvalue weighted by molar-refractivity contribution is 5.92. The molecule has 2 aromatic rings. The molecule has 4 N–H and O–H groups in total. The lowest BCUT2D eigenvalue weighted by Gasteiger charge is -2.27. The number of nitrogens with zero attached hydrogens (tertiary/aromatic N) is 1. The Morgan fingerprint density at radius 1 is 1.31 bits per heavy atom. The van der Waals surface area contributed by atoms with Crippen LogP contribution in [0.5, 0.6) is 5.75 Å². The molecule has 0 radical (unpaired) electrons. The van der Waals surface area contributed by atoms with Crippen molar-refractivity contribution in [1.82, 2.24) is 10.3 Å². The molecular weight excluding hydrogens is 330 g/mol. The van der Waals surface area contributed by atoms with Gasteiger partial charge in [0.2, 0.25) is 5.89 Å². The van der Waals surface area contributed by atoms with Crippen LogP contribution in [0.15, 0.2) is 34.9 Å². The predicted octanol–water partition coefficient (Wildman–Crippen LogP) is 3.32. The number of hydrogen-bond donors (Lipinski definition) is 3. The van der Waals surface area contributed by atoms with E-state index in [0.29, 0.717) is 18.2 Å². The van der Waals surface area contributed by atoms with Crippen molar-refractivity contribution in [2.24, 2.45) is 11.7 Å². The van der Waals surface area contributed by atoms with Gasteiger partial charge in [-0.25, -0.2) is 4.98 Å². The Hall–Kier alpha value is -2.34. The van der Waals surface area contributed by atoms with Crippen molar-refractivity contribution in [3.8, 4) is 5.75 Å². The number of rotatable bonds is 6. The van der Waals surface area contributed by atoms with Crippen LogP contribution in [-0.2, 0) is 6.42 Å². The molecule has 26 heavy (non-hydrogen) atoms. The van der Waals surface area contributed by atoms with Crippen molar-refractivity contribution >= 4 is 5.91 Å². The van der Waals surface area contributed by atoms with E-state index in [9.17, 15) is 9.90 Å². The minimum atomic E-state index is -0.447. The summed E-state index contributed by atoms with van der Waals surface area (Å²) in [6, 6.07) is 6.52. The molecule has 1 aromatic heterocycles. The van der Waals surface area contributed by atoms with Crippen LogP contribution in [0.2, 0.25) is 0 Å². The van der Waals surface area contributed by atoms with Crippen molar-refractivity contribution in [3.63, 3.8) is 0 Å². The molecular formula is C20H27N3O3. The number of amides is 1. The summed E-state index contributed by atoms with van der Waals surface area (Å²) in [5, 5.41) is 12.4. The first kappa shape index (κ1) is 18.5. The molecule has 1 heterocycles. The van der Waals surface area contributed by atoms with E-state index in [-0.39, 0.29) is 23.4 Å². The first-order valence-electron chi connectivity index (χ1n) is 9.32. The van der Waals surface area contributed by atoms with E-state index in [2.05, 4.69) is 17.2 Å². The third-order valence-corrected chi connectivity index (χ3v) is 5.18. The largest absolute Gasteiger partial charge is 0.508 e. The summed E-state index contributed by atoms with van der Waals surface area (Å²) in [5.41, 5.74) is 7.38. The summed E-state index contributed by atoms with van der Waals surface area (Å²) in [4.78, 5) is 16.7. The number of carbonyl (C=O) groups is 1. The van der Waals surface area contributed by atoms with E-state index >= 15 is 0 Å². The van der Waals surface area contributed by atoms with E-state index in [1.807, 2.05) is 0 Å². The van der Waals surface area contributed by atoms with Gasteiger partial charge in [-0.2, -0.15) is 0 Å². The van der Waals surface area contributed by atoms with E-state index < -0.39 is 6.04 Å². The number of aromatic nitrogens is 1. The molecule has 1 aliphatic carbocycles. The van der Waals surface area contributed by atoms with Crippen LogP contribution < -0.4 is 11.1 Å². The molecule has 1 fully saturated rings. The second-order valence-electron chi connectivity index (χ2n) is 7.21. The van der Waals surface area contributed by atoms with Gasteiger partial charge in [0.25, 0.3) is 5.91 Å². The van der Waals surface area contributed by atoms with Gasteiger partial charge in [-0.3, -0.25) is 4.79 Å². The van der Waals surface area contributed by atoms with Gasteiger partial charge in [-0.05, 0) is 49.8 Å². The van der Waals surface area contributed by atoms with E-state index in [4.69, 9.17) is 10.2 Å². The molecule has 1 aliphatic rings. The Morgan fingerprint density at radius 2 is 2.00 bits per heavy atom. The standard InChI is InChI=1S/C20H27N3O3/c1-13(15-5-3-2-4-6-15)22-19(25)18-12-26-20(23-18)17(21)11-14-7-9-16(24)10-8-14/h7-10,12-13,15,17,24H,2-6,11,21H2,1H3,(H,22,25). The van der Waals surface area contributed by atoms with E-state index in [1.165, 1.54) is 38.4 Å². The lowest BCUT2D eigenvalue weighted by molar-refractivity contribution is 0.0914. The van der Waals surface area contributed by atoms with Crippen molar-refractivity contribution in [1.29, 1.82) is 0 Å². The summed E-state index contributed by atoms with van der Waals surface area (Å²) in [7, 11) is 0. The van der Waals surface area contributed by atoms with Gasteiger partial charge in [-0.15, -0.1) is 0 Å². The molecule has 1 saturated carbocycles. The van der Waals surface area contributed by atoms with Crippen LogP contribution in [0, 0.1) is 5.92 Å². The maximum atomic E-state index is 12.4. The SMILES string of the molecule is CC(NC(=O)c1coc(C(N)Cc2ccc(O)cc2)n1)C1CCCCC1. The molecule has 0 bridgehead atoms. The molecule has 0 aliphatic heterocycles.